The molecule has 0 radical (unpaired) electrons. The Morgan fingerprint density at radius 2 is 1.50 bits per heavy atom. The molecule has 0 amide bonds. The SMILES string of the molecule is CC(N)(c1ccc(Cl)cc1)c1ccc2c(c1)CCCC2. The molecule has 2 aromatic rings. The Bertz CT molecular complexity index is 614. The minimum Gasteiger partial charge on any atom is -0.318 e. The number of halogens is 1. The lowest BCUT2D eigenvalue weighted by atomic mass is 9.82. The highest BCUT2D eigenvalue weighted by molar-refractivity contribution is 6.30. The van der Waals surface area contributed by atoms with E-state index in [0.29, 0.717) is 0 Å². The Morgan fingerprint density at radius 1 is 0.900 bits per heavy atom. The zero-order chi connectivity index (χ0) is 14.2. The summed E-state index contributed by atoms with van der Waals surface area (Å²) in [7, 11) is 0. The molecule has 1 unspecified atom stereocenters. The molecule has 104 valence electrons. The molecule has 0 saturated carbocycles. The Labute approximate surface area is 125 Å². The molecule has 1 atom stereocenters. The molecule has 0 aliphatic heterocycles. The van der Waals surface area contributed by atoms with E-state index in [0.717, 1.165) is 10.6 Å². The van der Waals surface area contributed by atoms with Gasteiger partial charge in [-0.3, -0.25) is 0 Å². The lowest BCUT2D eigenvalue weighted by Gasteiger charge is -2.28. The first kappa shape index (κ1) is 13.7. The van der Waals surface area contributed by atoms with Crippen LogP contribution in [0.1, 0.15) is 42.0 Å². The van der Waals surface area contributed by atoms with Crippen LogP contribution in [0.4, 0.5) is 0 Å². The van der Waals surface area contributed by atoms with Crippen molar-refractivity contribution in [1.29, 1.82) is 0 Å². The van der Waals surface area contributed by atoms with Crippen molar-refractivity contribution in [3.05, 3.63) is 69.7 Å². The monoisotopic (exact) mass is 285 g/mol. The van der Waals surface area contributed by atoms with Crippen molar-refractivity contribution in [3.63, 3.8) is 0 Å². The van der Waals surface area contributed by atoms with Crippen LogP contribution >= 0.6 is 11.6 Å². The standard InChI is InChI=1S/C18H20ClN/c1-18(20,15-8-10-17(19)11-9-15)16-7-6-13-4-2-3-5-14(13)12-16/h6-12H,2-5,20H2,1H3. The second kappa shape index (κ2) is 5.23. The lowest BCUT2D eigenvalue weighted by molar-refractivity contribution is 0.598. The van der Waals surface area contributed by atoms with E-state index in [1.165, 1.54) is 42.4 Å². The molecule has 2 aromatic carbocycles. The molecule has 2 N–H and O–H groups in total. The van der Waals surface area contributed by atoms with Crippen molar-refractivity contribution < 1.29 is 0 Å². The fourth-order valence-corrected chi connectivity index (χ4v) is 3.15. The van der Waals surface area contributed by atoms with E-state index in [1.807, 2.05) is 24.3 Å². The van der Waals surface area contributed by atoms with Gasteiger partial charge in [-0.25, -0.2) is 0 Å². The Hall–Kier alpha value is -1.31. The van der Waals surface area contributed by atoms with Crippen LogP contribution in [0, 0.1) is 0 Å². The normalized spacial score (nSPS) is 17.4. The van der Waals surface area contributed by atoms with Gasteiger partial charge in [0.05, 0.1) is 5.54 Å². The number of rotatable bonds is 2. The maximum atomic E-state index is 6.60. The largest absolute Gasteiger partial charge is 0.318 e. The van der Waals surface area contributed by atoms with Gasteiger partial charge in [0, 0.05) is 5.02 Å². The smallest absolute Gasteiger partial charge is 0.0637 e. The van der Waals surface area contributed by atoms with Crippen LogP contribution in [0.5, 0.6) is 0 Å². The predicted octanol–water partition coefficient (Wildman–Crippen LogP) is 4.44. The van der Waals surface area contributed by atoms with Gasteiger partial charge in [-0.1, -0.05) is 41.9 Å². The fourth-order valence-electron chi connectivity index (χ4n) is 3.02. The first-order valence-electron chi connectivity index (χ1n) is 7.24. The molecule has 3 rings (SSSR count). The van der Waals surface area contributed by atoms with E-state index in [9.17, 15) is 0 Å². The van der Waals surface area contributed by atoms with E-state index in [1.54, 1.807) is 0 Å². The van der Waals surface area contributed by atoms with E-state index >= 15 is 0 Å². The van der Waals surface area contributed by atoms with Crippen LogP contribution < -0.4 is 5.73 Å². The van der Waals surface area contributed by atoms with Crippen LogP contribution in [-0.4, -0.2) is 0 Å². The van der Waals surface area contributed by atoms with Crippen LogP contribution in [0.15, 0.2) is 42.5 Å². The Kier molecular flexibility index (Phi) is 3.57. The molecule has 1 aliphatic carbocycles. The third kappa shape index (κ3) is 2.48. The van der Waals surface area contributed by atoms with E-state index in [4.69, 9.17) is 17.3 Å². The molecule has 20 heavy (non-hydrogen) atoms. The zero-order valence-electron chi connectivity index (χ0n) is 11.8. The van der Waals surface area contributed by atoms with Gasteiger partial charge in [-0.05, 0) is 67.0 Å². The number of benzene rings is 2. The third-order valence-electron chi connectivity index (χ3n) is 4.39. The summed E-state index contributed by atoms with van der Waals surface area (Å²) in [6.45, 7) is 2.07. The fraction of sp³-hybridized carbons (Fsp3) is 0.333. The first-order chi connectivity index (χ1) is 9.57. The van der Waals surface area contributed by atoms with E-state index in [-0.39, 0.29) is 0 Å². The van der Waals surface area contributed by atoms with Crippen LogP contribution in [0.2, 0.25) is 5.02 Å². The molecule has 0 bridgehead atoms. The molecule has 0 saturated heterocycles. The van der Waals surface area contributed by atoms with E-state index < -0.39 is 5.54 Å². The van der Waals surface area contributed by atoms with Gasteiger partial charge in [-0.15, -0.1) is 0 Å². The molecule has 0 spiro atoms. The molecule has 1 aliphatic rings. The first-order valence-corrected chi connectivity index (χ1v) is 7.62. The summed E-state index contributed by atoms with van der Waals surface area (Å²) < 4.78 is 0. The summed E-state index contributed by atoms with van der Waals surface area (Å²) in [5.74, 6) is 0. The topological polar surface area (TPSA) is 26.0 Å². The molecular weight excluding hydrogens is 266 g/mol. The van der Waals surface area contributed by atoms with Crippen LogP contribution in [0.25, 0.3) is 0 Å². The van der Waals surface area contributed by atoms with Crippen molar-refractivity contribution in [3.8, 4) is 0 Å². The van der Waals surface area contributed by atoms with Crippen molar-refractivity contribution in [2.24, 2.45) is 5.73 Å². The van der Waals surface area contributed by atoms with Gasteiger partial charge >= 0.3 is 0 Å². The van der Waals surface area contributed by atoms with Gasteiger partial charge in [0.25, 0.3) is 0 Å². The van der Waals surface area contributed by atoms with Gasteiger partial charge in [-0.2, -0.15) is 0 Å². The van der Waals surface area contributed by atoms with Gasteiger partial charge < -0.3 is 5.73 Å². The number of hydrogen-bond acceptors (Lipinski definition) is 1. The molecule has 2 heteroatoms. The second-order valence-corrected chi connectivity index (χ2v) is 6.34. The molecule has 0 aromatic heterocycles. The zero-order valence-corrected chi connectivity index (χ0v) is 12.6. The van der Waals surface area contributed by atoms with E-state index in [2.05, 4.69) is 25.1 Å². The van der Waals surface area contributed by atoms with Gasteiger partial charge in [0.1, 0.15) is 0 Å². The van der Waals surface area contributed by atoms with Crippen molar-refractivity contribution in [2.75, 3.05) is 0 Å². The summed E-state index contributed by atoms with van der Waals surface area (Å²) in [5.41, 5.74) is 11.4. The number of fused-ring (bicyclic) bond motifs is 1. The second-order valence-electron chi connectivity index (χ2n) is 5.90. The predicted molar refractivity (Wildman–Crippen MR) is 85.2 cm³/mol. The molecule has 0 fully saturated rings. The lowest BCUT2D eigenvalue weighted by Crippen LogP contribution is -2.34. The maximum Gasteiger partial charge on any atom is 0.0637 e. The van der Waals surface area contributed by atoms with Crippen LogP contribution in [-0.2, 0) is 18.4 Å². The summed E-state index contributed by atoms with van der Waals surface area (Å²) in [5, 5.41) is 0.745. The summed E-state index contributed by atoms with van der Waals surface area (Å²) >= 11 is 5.96. The number of hydrogen-bond donors (Lipinski definition) is 1. The number of aryl methyl sites for hydroxylation is 2. The minimum atomic E-state index is -0.475. The Balaban J connectivity index is 2.00. The van der Waals surface area contributed by atoms with Crippen molar-refractivity contribution >= 4 is 11.6 Å². The quantitative estimate of drug-likeness (QED) is 0.867. The molecule has 1 nitrogen and oxygen atoms in total. The average Bonchev–Trinajstić information content (AvgIpc) is 2.47. The number of nitrogens with two attached hydrogens (primary N) is 1. The maximum absolute atomic E-state index is 6.60. The summed E-state index contributed by atoms with van der Waals surface area (Å²) in [4.78, 5) is 0. The minimum absolute atomic E-state index is 0.475. The highest BCUT2D eigenvalue weighted by Gasteiger charge is 2.24. The molecular formula is C18H20ClN. The van der Waals surface area contributed by atoms with Crippen LogP contribution in [0.3, 0.4) is 0 Å². The molecule has 0 heterocycles. The van der Waals surface area contributed by atoms with Crippen molar-refractivity contribution in [1.82, 2.24) is 0 Å². The average molecular weight is 286 g/mol. The van der Waals surface area contributed by atoms with Crippen molar-refractivity contribution in [2.45, 2.75) is 38.1 Å². The third-order valence-corrected chi connectivity index (χ3v) is 4.64. The summed E-state index contributed by atoms with van der Waals surface area (Å²) in [6, 6.07) is 14.6. The van der Waals surface area contributed by atoms with Gasteiger partial charge in [0.2, 0.25) is 0 Å². The Morgan fingerprint density at radius 3 is 2.20 bits per heavy atom. The highest BCUT2D eigenvalue weighted by atomic mass is 35.5. The van der Waals surface area contributed by atoms with Gasteiger partial charge in [0.15, 0.2) is 0 Å². The highest BCUT2D eigenvalue weighted by Crippen LogP contribution is 2.31. The summed E-state index contributed by atoms with van der Waals surface area (Å²) in [6.07, 6.45) is 4.99.